The molecule has 4 rings (SSSR count). The number of amides is 1. The number of rotatable bonds is 4. The fraction of sp³-hybridized carbons (Fsp3) is 0.222. The zero-order chi connectivity index (χ0) is 20.8. The van der Waals surface area contributed by atoms with Crippen molar-refractivity contribution in [2.75, 3.05) is 7.05 Å². The summed E-state index contributed by atoms with van der Waals surface area (Å²) in [7, 11) is 3.29. The van der Waals surface area contributed by atoms with E-state index in [4.69, 9.17) is 0 Å². The van der Waals surface area contributed by atoms with Crippen LogP contribution in [0.3, 0.4) is 0 Å². The second-order valence-corrected chi connectivity index (χ2v) is 7.39. The molecule has 0 N–H and O–H groups in total. The molecule has 0 aliphatic heterocycles. The van der Waals surface area contributed by atoms with Crippen LogP contribution in [0.15, 0.2) is 41.9 Å². The van der Waals surface area contributed by atoms with Gasteiger partial charge in [-0.05, 0) is 23.6 Å². The number of hydrogen-bond donors (Lipinski definition) is 0. The van der Waals surface area contributed by atoms with Gasteiger partial charge in [-0.1, -0.05) is 6.07 Å². The Morgan fingerprint density at radius 1 is 1.24 bits per heavy atom. The van der Waals surface area contributed by atoms with Crippen LogP contribution in [0.1, 0.15) is 21.9 Å². The average molecular weight is 420 g/mol. The molecule has 150 valence electrons. The summed E-state index contributed by atoms with van der Waals surface area (Å²) in [6.07, 6.45) is -2.91. The number of hydrogen-bond acceptors (Lipinski definition) is 5. The Labute approximate surface area is 167 Å². The Morgan fingerprint density at radius 2 is 2.03 bits per heavy atom. The summed E-state index contributed by atoms with van der Waals surface area (Å²) < 4.78 is 43.1. The van der Waals surface area contributed by atoms with Crippen molar-refractivity contribution in [3.05, 3.63) is 59.0 Å². The fourth-order valence-electron chi connectivity index (χ4n) is 2.89. The fourth-order valence-corrected chi connectivity index (χ4v) is 3.58. The van der Waals surface area contributed by atoms with Crippen molar-refractivity contribution in [1.29, 1.82) is 0 Å². The lowest BCUT2D eigenvalue weighted by Gasteiger charge is -2.14. The van der Waals surface area contributed by atoms with Crippen molar-refractivity contribution in [3.63, 3.8) is 0 Å². The van der Waals surface area contributed by atoms with Gasteiger partial charge in [-0.3, -0.25) is 9.48 Å². The average Bonchev–Trinajstić information content (AvgIpc) is 3.39. The number of alkyl halides is 3. The predicted molar refractivity (Wildman–Crippen MR) is 100 cm³/mol. The third kappa shape index (κ3) is 3.73. The van der Waals surface area contributed by atoms with Gasteiger partial charge < -0.3 is 4.90 Å². The summed E-state index contributed by atoms with van der Waals surface area (Å²) in [6, 6.07) is 7.38. The number of carbonyl (C=O) groups excluding carboxylic acids is 1. The minimum atomic E-state index is -4.65. The molecule has 0 bridgehead atoms. The lowest BCUT2D eigenvalue weighted by atomic mass is 10.2. The van der Waals surface area contributed by atoms with Crippen LogP contribution in [0.2, 0.25) is 0 Å². The normalized spacial score (nSPS) is 11.9. The van der Waals surface area contributed by atoms with Gasteiger partial charge in [0.2, 0.25) is 0 Å². The van der Waals surface area contributed by atoms with Gasteiger partial charge in [0.25, 0.3) is 5.91 Å². The molecule has 11 heteroatoms. The molecule has 7 nitrogen and oxygen atoms in total. The van der Waals surface area contributed by atoms with Crippen LogP contribution in [-0.4, -0.2) is 42.2 Å². The number of aromatic nitrogens is 5. The smallest absolute Gasteiger partial charge is 0.334 e. The van der Waals surface area contributed by atoms with E-state index in [9.17, 15) is 18.0 Å². The summed E-state index contributed by atoms with van der Waals surface area (Å²) in [5, 5.41) is 9.84. The van der Waals surface area contributed by atoms with Crippen LogP contribution in [-0.2, 0) is 19.8 Å². The van der Waals surface area contributed by atoms with Crippen molar-refractivity contribution in [1.82, 2.24) is 29.3 Å². The summed E-state index contributed by atoms with van der Waals surface area (Å²) >= 11 is 1.28. The number of aryl methyl sites for hydroxylation is 1. The minimum absolute atomic E-state index is 0.0437. The highest BCUT2D eigenvalue weighted by atomic mass is 32.1. The van der Waals surface area contributed by atoms with E-state index in [1.54, 1.807) is 41.5 Å². The SMILES string of the molecule is CN(Cc1ccn(C)n1)C(=O)c1cc2nc(-c3cccs3)cc(C(F)(F)F)n2n1. The molecule has 0 atom stereocenters. The van der Waals surface area contributed by atoms with E-state index in [1.807, 2.05) is 0 Å². The van der Waals surface area contributed by atoms with Crippen molar-refractivity contribution in [3.8, 4) is 10.6 Å². The largest absolute Gasteiger partial charge is 0.433 e. The number of halogens is 3. The molecular formula is C18H15F3N6OS. The highest BCUT2D eigenvalue weighted by molar-refractivity contribution is 7.13. The maximum Gasteiger partial charge on any atom is 0.433 e. The molecule has 0 aromatic carbocycles. The van der Waals surface area contributed by atoms with E-state index < -0.39 is 17.8 Å². The van der Waals surface area contributed by atoms with Crippen LogP contribution in [0.5, 0.6) is 0 Å². The first-order valence-corrected chi connectivity index (χ1v) is 9.36. The molecule has 0 aliphatic carbocycles. The van der Waals surface area contributed by atoms with Crippen LogP contribution in [0.4, 0.5) is 13.2 Å². The van der Waals surface area contributed by atoms with Gasteiger partial charge in [-0.15, -0.1) is 11.3 Å². The Bertz CT molecular complexity index is 1180. The minimum Gasteiger partial charge on any atom is -0.334 e. The third-order valence-electron chi connectivity index (χ3n) is 4.23. The van der Waals surface area contributed by atoms with E-state index in [-0.39, 0.29) is 23.6 Å². The van der Waals surface area contributed by atoms with Crippen LogP contribution in [0, 0.1) is 0 Å². The Hall–Kier alpha value is -3.21. The molecule has 29 heavy (non-hydrogen) atoms. The highest BCUT2D eigenvalue weighted by Gasteiger charge is 2.36. The number of thiophene rings is 1. The van der Waals surface area contributed by atoms with E-state index in [0.717, 1.165) is 6.07 Å². The maximum absolute atomic E-state index is 13.6. The molecule has 0 saturated heterocycles. The van der Waals surface area contributed by atoms with Crippen LogP contribution < -0.4 is 0 Å². The first-order chi connectivity index (χ1) is 13.7. The quantitative estimate of drug-likeness (QED) is 0.507. The van der Waals surface area contributed by atoms with Crippen molar-refractivity contribution < 1.29 is 18.0 Å². The number of carbonyl (C=O) groups is 1. The molecule has 0 saturated carbocycles. The molecule has 0 unspecified atom stereocenters. The number of nitrogens with zero attached hydrogens (tertiary/aromatic N) is 6. The van der Waals surface area contributed by atoms with Gasteiger partial charge in [0.05, 0.1) is 22.8 Å². The zero-order valence-electron chi connectivity index (χ0n) is 15.4. The van der Waals surface area contributed by atoms with Crippen molar-refractivity contribution in [2.45, 2.75) is 12.7 Å². The second-order valence-electron chi connectivity index (χ2n) is 6.44. The summed E-state index contributed by atoms with van der Waals surface area (Å²) in [4.78, 5) is 18.9. The van der Waals surface area contributed by atoms with Gasteiger partial charge in [0, 0.05) is 26.4 Å². The van der Waals surface area contributed by atoms with Crippen LogP contribution >= 0.6 is 11.3 Å². The summed E-state index contributed by atoms with van der Waals surface area (Å²) in [6.45, 7) is 0.202. The van der Waals surface area contributed by atoms with Crippen LogP contribution in [0.25, 0.3) is 16.2 Å². The van der Waals surface area contributed by atoms with Gasteiger partial charge >= 0.3 is 6.18 Å². The number of fused-ring (bicyclic) bond motifs is 1. The first-order valence-electron chi connectivity index (χ1n) is 8.48. The summed E-state index contributed by atoms with van der Waals surface area (Å²) in [5.74, 6) is -0.521. The highest BCUT2D eigenvalue weighted by Crippen LogP contribution is 2.33. The van der Waals surface area contributed by atoms with E-state index in [0.29, 0.717) is 15.1 Å². The van der Waals surface area contributed by atoms with Crippen molar-refractivity contribution >= 4 is 22.9 Å². The first kappa shape index (κ1) is 19.1. The van der Waals surface area contributed by atoms with Gasteiger partial charge in [-0.25, -0.2) is 9.50 Å². The van der Waals surface area contributed by atoms with E-state index >= 15 is 0 Å². The lowest BCUT2D eigenvalue weighted by Crippen LogP contribution is -2.27. The summed E-state index contributed by atoms with van der Waals surface area (Å²) in [5.41, 5.74) is -0.318. The second kappa shape index (κ2) is 6.99. The molecular weight excluding hydrogens is 405 g/mol. The van der Waals surface area contributed by atoms with Crippen molar-refractivity contribution in [2.24, 2.45) is 7.05 Å². The molecule has 4 aromatic heterocycles. The Balaban J connectivity index is 1.73. The van der Waals surface area contributed by atoms with Gasteiger partial charge in [-0.2, -0.15) is 23.4 Å². The standard InChI is InChI=1S/C18H15F3N6OS/c1-25(10-11-5-6-26(2)23-11)17(28)13-9-16-22-12(14-4-3-7-29-14)8-15(18(19,20)21)27(16)24-13/h3-9H,10H2,1-2H3. The molecule has 4 aromatic rings. The van der Waals surface area contributed by atoms with Gasteiger partial charge in [0.15, 0.2) is 17.0 Å². The third-order valence-corrected chi connectivity index (χ3v) is 5.12. The zero-order valence-corrected chi connectivity index (χ0v) is 16.2. The molecule has 1 amide bonds. The Kier molecular flexibility index (Phi) is 4.61. The monoisotopic (exact) mass is 420 g/mol. The van der Waals surface area contributed by atoms with E-state index in [1.165, 1.54) is 29.4 Å². The van der Waals surface area contributed by atoms with E-state index in [2.05, 4.69) is 15.2 Å². The predicted octanol–water partition coefficient (Wildman–Crippen LogP) is 3.48. The lowest BCUT2D eigenvalue weighted by molar-refractivity contribution is -0.142. The molecule has 0 fully saturated rings. The molecule has 4 heterocycles. The molecule has 0 aliphatic rings. The molecule has 0 spiro atoms. The Morgan fingerprint density at radius 3 is 2.66 bits per heavy atom. The maximum atomic E-state index is 13.6. The topological polar surface area (TPSA) is 68.3 Å². The van der Waals surface area contributed by atoms with Gasteiger partial charge in [0.1, 0.15) is 0 Å². The molecule has 0 radical (unpaired) electrons.